The van der Waals surface area contributed by atoms with E-state index in [1.54, 1.807) is 0 Å². The zero-order chi connectivity index (χ0) is 7.14. The van der Waals surface area contributed by atoms with Crippen LogP contribution in [0.1, 0.15) is 12.8 Å². The molecule has 0 radical (unpaired) electrons. The Morgan fingerprint density at radius 1 is 1.50 bits per heavy atom. The van der Waals surface area contributed by atoms with Crippen molar-refractivity contribution in [2.75, 3.05) is 6.54 Å². The minimum absolute atomic E-state index is 0.00694. The van der Waals surface area contributed by atoms with Gasteiger partial charge >= 0.3 is 0 Å². The molecule has 0 bridgehead atoms. The molecule has 1 saturated carbocycles. The number of rotatable bonds is 1. The Kier molecular flexibility index (Phi) is 1.19. The zero-order valence-corrected chi connectivity index (χ0v) is 5.64. The van der Waals surface area contributed by atoms with Gasteiger partial charge in [0, 0.05) is 12.5 Å². The summed E-state index contributed by atoms with van der Waals surface area (Å²) in [5.74, 6) is 0.0818. The molecule has 0 spiro atoms. The SMILES string of the molecule is O=C1NC[C@H](C2CC2)[C@@H]1F. The molecule has 2 atom stereocenters. The molecule has 2 fully saturated rings. The highest BCUT2D eigenvalue weighted by molar-refractivity contribution is 5.83. The second-order valence-electron chi connectivity index (χ2n) is 3.15. The third-order valence-electron chi connectivity index (χ3n) is 2.37. The molecular formula is C7H10FNO. The molecule has 2 nitrogen and oxygen atoms in total. The van der Waals surface area contributed by atoms with E-state index in [0.29, 0.717) is 12.5 Å². The molecule has 1 amide bonds. The lowest BCUT2D eigenvalue weighted by atomic mass is 10.0. The van der Waals surface area contributed by atoms with Crippen molar-refractivity contribution in [3.8, 4) is 0 Å². The first-order chi connectivity index (χ1) is 4.79. The van der Waals surface area contributed by atoms with Crippen molar-refractivity contribution in [1.29, 1.82) is 0 Å². The summed E-state index contributed by atoms with van der Waals surface area (Å²) in [5, 5.41) is 2.53. The van der Waals surface area contributed by atoms with Gasteiger partial charge in [0.15, 0.2) is 6.17 Å². The van der Waals surface area contributed by atoms with E-state index in [4.69, 9.17) is 0 Å². The van der Waals surface area contributed by atoms with Crippen LogP contribution in [0.15, 0.2) is 0 Å². The Hall–Kier alpha value is -0.600. The Morgan fingerprint density at radius 3 is 2.60 bits per heavy atom. The Bertz CT molecular complexity index is 167. The van der Waals surface area contributed by atoms with Crippen molar-refractivity contribution in [2.24, 2.45) is 11.8 Å². The molecule has 1 saturated heterocycles. The van der Waals surface area contributed by atoms with Crippen LogP contribution in [0.5, 0.6) is 0 Å². The molecule has 1 aliphatic carbocycles. The zero-order valence-electron chi connectivity index (χ0n) is 5.64. The number of carbonyl (C=O) groups excluding carboxylic acids is 1. The fourth-order valence-corrected chi connectivity index (χ4v) is 1.54. The van der Waals surface area contributed by atoms with E-state index in [9.17, 15) is 9.18 Å². The molecule has 0 aromatic carbocycles. The lowest BCUT2D eigenvalue weighted by molar-refractivity contribution is -0.123. The number of nitrogens with one attached hydrogen (secondary N) is 1. The van der Waals surface area contributed by atoms with Crippen LogP contribution in [0.2, 0.25) is 0 Å². The second-order valence-corrected chi connectivity index (χ2v) is 3.15. The largest absolute Gasteiger partial charge is 0.353 e. The van der Waals surface area contributed by atoms with Crippen LogP contribution >= 0.6 is 0 Å². The average molecular weight is 143 g/mol. The third kappa shape index (κ3) is 0.805. The van der Waals surface area contributed by atoms with Crippen molar-refractivity contribution >= 4 is 5.91 Å². The summed E-state index contributed by atoms with van der Waals surface area (Å²) in [7, 11) is 0. The smallest absolute Gasteiger partial charge is 0.254 e. The predicted molar refractivity (Wildman–Crippen MR) is 34.1 cm³/mol. The van der Waals surface area contributed by atoms with Gasteiger partial charge in [-0.2, -0.15) is 0 Å². The standard InChI is InChI=1S/C7H10FNO/c8-6-5(4-1-2-4)3-9-7(6)10/h4-6H,1-3H2,(H,9,10)/t5-,6+/m1/s1. The summed E-state index contributed by atoms with van der Waals surface area (Å²) in [6.45, 7) is 0.560. The highest BCUT2D eigenvalue weighted by Crippen LogP contribution is 2.40. The summed E-state index contributed by atoms with van der Waals surface area (Å²) in [6.07, 6.45) is 1.01. The maximum absolute atomic E-state index is 12.9. The van der Waals surface area contributed by atoms with Crippen LogP contribution in [-0.2, 0) is 4.79 Å². The molecule has 2 rings (SSSR count). The van der Waals surface area contributed by atoms with Gasteiger partial charge in [0.2, 0.25) is 0 Å². The van der Waals surface area contributed by atoms with Gasteiger partial charge < -0.3 is 5.32 Å². The van der Waals surface area contributed by atoms with E-state index in [1.807, 2.05) is 0 Å². The van der Waals surface area contributed by atoms with Gasteiger partial charge in [0.05, 0.1) is 0 Å². The summed E-state index contributed by atoms with van der Waals surface area (Å²) in [4.78, 5) is 10.6. The molecule has 0 aromatic heterocycles. The maximum Gasteiger partial charge on any atom is 0.254 e. The lowest BCUT2D eigenvalue weighted by Crippen LogP contribution is -2.20. The number of hydrogen-bond donors (Lipinski definition) is 1. The molecule has 10 heavy (non-hydrogen) atoms. The van der Waals surface area contributed by atoms with E-state index in [2.05, 4.69) is 5.32 Å². The van der Waals surface area contributed by atoms with Crippen molar-refractivity contribution in [1.82, 2.24) is 5.32 Å². The van der Waals surface area contributed by atoms with Crippen LogP contribution < -0.4 is 5.32 Å². The number of amides is 1. The normalized spacial score (nSPS) is 39.9. The molecule has 1 heterocycles. The second kappa shape index (κ2) is 1.94. The molecule has 56 valence electrons. The van der Waals surface area contributed by atoms with Crippen LogP contribution in [0.3, 0.4) is 0 Å². The maximum atomic E-state index is 12.9. The molecule has 3 heteroatoms. The van der Waals surface area contributed by atoms with Gasteiger partial charge in [0.1, 0.15) is 0 Å². The Morgan fingerprint density at radius 2 is 2.20 bits per heavy atom. The summed E-state index contributed by atoms with van der Waals surface area (Å²) >= 11 is 0. The lowest BCUT2D eigenvalue weighted by Gasteiger charge is -2.05. The molecule has 1 N–H and O–H groups in total. The molecular weight excluding hydrogens is 133 g/mol. The van der Waals surface area contributed by atoms with Gasteiger partial charge in [-0.15, -0.1) is 0 Å². The third-order valence-corrected chi connectivity index (χ3v) is 2.37. The first-order valence-corrected chi connectivity index (χ1v) is 3.71. The predicted octanol–water partition coefficient (Wildman–Crippen LogP) is 0.480. The van der Waals surface area contributed by atoms with Crippen molar-refractivity contribution in [3.63, 3.8) is 0 Å². The van der Waals surface area contributed by atoms with Gasteiger partial charge in [-0.05, 0) is 18.8 Å². The van der Waals surface area contributed by atoms with E-state index < -0.39 is 12.1 Å². The molecule has 0 unspecified atom stereocenters. The van der Waals surface area contributed by atoms with Gasteiger partial charge in [0.25, 0.3) is 5.91 Å². The first kappa shape index (κ1) is 6.13. The Balaban J connectivity index is 2.03. The van der Waals surface area contributed by atoms with Crippen molar-refractivity contribution < 1.29 is 9.18 Å². The Labute approximate surface area is 58.8 Å². The van der Waals surface area contributed by atoms with Gasteiger partial charge in [-0.1, -0.05) is 0 Å². The van der Waals surface area contributed by atoms with Gasteiger partial charge in [-0.3, -0.25) is 4.79 Å². The fourth-order valence-electron chi connectivity index (χ4n) is 1.54. The van der Waals surface area contributed by atoms with Crippen LogP contribution in [-0.4, -0.2) is 18.6 Å². The summed E-state index contributed by atoms with van der Waals surface area (Å²) in [6, 6.07) is 0. The van der Waals surface area contributed by atoms with Crippen LogP contribution in [0.25, 0.3) is 0 Å². The van der Waals surface area contributed by atoms with Gasteiger partial charge in [-0.25, -0.2) is 4.39 Å². The number of halogens is 1. The quantitative estimate of drug-likeness (QED) is 0.568. The van der Waals surface area contributed by atoms with Crippen LogP contribution in [0.4, 0.5) is 4.39 Å². The van der Waals surface area contributed by atoms with E-state index in [1.165, 1.54) is 0 Å². The van der Waals surface area contributed by atoms with Crippen LogP contribution in [0, 0.1) is 11.8 Å². The van der Waals surface area contributed by atoms with E-state index >= 15 is 0 Å². The summed E-state index contributed by atoms with van der Waals surface area (Å²) < 4.78 is 12.9. The monoisotopic (exact) mass is 143 g/mol. The summed E-state index contributed by atoms with van der Waals surface area (Å²) in [5.41, 5.74) is 0. The molecule has 0 aromatic rings. The topological polar surface area (TPSA) is 29.1 Å². The highest BCUT2D eigenvalue weighted by atomic mass is 19.1. The fraction of sp³-hybridized carbons (Fsp3) is 0.857. The van der Waals surface area contributed by atoms with Crippen molar-refractivity contribution in [2.45, 2.75) is 19.0 Å². The van der Waals surface area contributed by atoms with Crippen molar-refractivity contribution in [3.05, 3.63) is 0 Å². The molecule has 1 aliphatic heterocycles. The molecule has 2 aliphatic rings. The highest BCUT2D eigenvalue weighted by Gasteiger charge is 2.43. The minimum atomic E-state index is -1.22. The number of alkyl halides is 1. The van der Waals surface area contributed by atoms with E-state index in [0.717, 1.165) is 12.8 Å². The number of carbonyl (C=O) groups is 1. The van der Waals surface area contributed by atoms with E-state index in [-0.39, 0.29) is 5.92 Å². The average Bonchev–Trinajstić information content (AvgIpc) is 2.67. The number of hydrogen-bond acceptors (Lipinski definition) is 1. The minimum Gasteiger partial charge on any atom is -0.353 e. The first-order valence-electron chi connectivity index (χ1n) is 3.71.